The number of ether oxygens (including phenoxy) is 1. The van der Waals surface area contributed by atoms with Crippen molar-refractivity contribution >= 4 is 23.4 Å². The van der Waals surface area contributed by atoms with Gasteiger partial charge in [0.25, 0.3) is 5.91 Å². The lowest BCUT2D eigenvalue weighted by Crippen LogP contribution is -2.21. The number of benzene rings is 1. The maximum atomic E-state index is 12.6. The average molecular weight is 379 g/mol. The molecule has 1 aromatic carbocycles. The fourth-order valence-electron chi connectivity index (χ4n) is 2.32. The Balaban J connectivity index is 1.74. The molecular weight excluding hydrogens is 358 g/mol. The van der Waals surface area contributed by atoms with E-state index in [1.54, 1.807) is 53.8 Å². The fourth-order valence-corrected chi connectivity index (χ4v) is 2.32. The molecule has 3 aromatic rings. The number of carbonyl (C=O) groups excluding carboxylic acids is 1. The van der Waals surface area contributed by atoms with Gasteiger partial charge in [0.2, 0.25) is 5.95 Å². The highest BCUT2D eigenvalue weighted by Gasteiger charge is 2.14. The molecule has 1 amide bonds. The zero-order valence-electron chi connectivity index (χ0n) is 16.1. The molecule has 0 saturated heterocycles. The number of anilines is 3. The SMILES string of the molecule is CN(C)c1ncc(NC(=O)c2ccc(Oc3ncccn3)cc2)c(N(C)C)n1. The van der Waals surface area contributed by atoms with Crippen molar-refractivity contribution in [3.63, 3.8) is 0 Å². The number of nitrogens with zero attached hydrogens (tertiary/aromatic N) is 6. The lowest BCUT2D eigenvalue weighted by molar-refractivity contribution is 0.102. The Morgan fingerprint density at radius 2 is 1.64 bits per heavy atom. The first kappa shape index (κ1) is 19.0. The van der Waals surface area contributed by atoms with E-state index in [2.05, 4.69) is 25.3 Å². The van der Waals surface area contributed by atoms with Crippen LogP contribution in [0.1, 0.15) is 10.4 Å². The third-order valence-electron chi connectivity index (χ3n) is 3.70. The van der Waals surface area contributed by atoms with Gasteiger partial charge < -0.3 is 19.9 Å². The van der Waals surface area contributed by atoms with Gasteiger partial charge in [-0.25, -0.2) is 15.0 Å². The van der Waals surface area contributed by atoms with E-state index in [1.807, 2.05) is 33.1 Å². The van der Waals surface area contributed by atoms with Gasteiger partial charge in [-0.3, -0.25) is 4.79 Å². The van der Waals surface area contributed by atoms with E-state index < -0.39 is 0 Å². The number of rotatable bonds is 6. The first-order chi connectivity index (χ1) is 13.4. The molecule has 0 atom stereocenters. The van der Waals surface area contributed by atoms with Crippen LogP contribution in [-0.4, -0.2) is 54.0 Å². The zero-order valence-corrected chi connectivity index (χ0v) is 16.1. The van der Waals surface area contributed by atoms with Crippen molar-refractivity contribution in [3.05, 3.63) is 54.5 Å². The van der Waals surface area contributed by atoms with Crippen LogP contribution >= 0.6 is 0 Å². The van der Waals surface area contributed by atoms with Crippen molar-refractivity contribution in [2.24, 2.45) is 0 Å². The molecule has 0 aliphatic heterocycles. The van der Waals surface area contributed by atoms with Gasteiger partial charge in [-0.05, 0) is 30.3 Å². The topological polar surface area (TPSA) is 96.4 Å². The maximum absolute atomic E-state index is 12.6. The Hall–Kier alpha value is -3.75. The van der Waals surface area contributed by atoms with Crippen molar-refractivity contribution in [1.29, 1.82) is 0 Å². The Bertz CT molecular complexity index is 944. The summed E-state index contributed by atoms with van der Waals surface area (Å²) in [6.45, 7) is 0. The van der Waals surface area contributed by atoms with Crippen LogP contribution in [0.5, 0.6) is 11.8 Å². The van der Waals surface area contributed by atoms with Gasteiger partial charge in [0.1, 0.15) is 11.4 Å². The van der Waals surface area contributed by atoms with E-state index in [0.29, 0.717) is 28.8 Å². The summed E-state index contributed by atoms with van der Waals surface area (Å²) in [6.07, 6.45) is 4.78. The van der Waals surface area contributed by atoms with Crippen LogP contribution in [0, 0.1) is 0 Å². The molecule has 3 rings (SSSR count). The Kier molecular flexibility index (Phi) is 5.64. The van der Waals surface area contributed by atoms with Crippen LogP contribution < -0.4 is 19.9 Å². The zero-order chi connectivity index (χ0) is 20.1. The van der Waals surface area contributed by atoms with Crippen LogP contribution in [0.15, 0.2) is 48.9 Å². The molecule has 28 heavy (non-hydrogen) atoms. The van der Waals surface area contributed by atoms with E-state index in [0.717, 1.165) is 0 Å². The fraction of sp³-hybridized carbons (Fsp3) is 0.211. The predicted octanol–water partition coefficient (Wildman–Crippen LogP) is 2.44. The van der Waals surface area contributed by atoms with E-state index in [1.165, 1.54) is 0 Å². The number of carbonyl (C=O) groups is 1. The molecule has 0 radical (unpaired) electrons. The van der Waals surface area contributed by atoms with E-state index in [-0.39, 0.29) is 11.9 Å². The molecule has 2 aromatic heterocycles. The summed E-state index contributed by atoms with van der Waals surface area (Å²) in [4.78, 5) is 33.0. The largest absolute Gasteiger partial charge is 0.424 e. The van der Waals surface area contributed by atoms with Crippen LogP contribution in [0.3, 0.4) is 0 Å². The second-order valence-electron chi connectivity index (χ2n) is 6.31. The second-order valence-corrected chi connectivity index (χ2v) is 6.31. The van der Waals surface area contributed by atoms with Crippen LogP contribution in [0.4, 0.5) is 17.5 Å². The van der Waals surface area contributed by atoms with Crippen molar-refractivity contribution in [2.75, 3.05) is 43.3 Å². The molecule has 144 valence electrons. The van der Waals surface area contributed by atoms with Crippen molar-refractivity contribution < 1.29 is 9.53 Å². The minimum atomic E-state index is -0.271. The third-order valence-corrected chi connectivity index (χ3v) is 3.70. The van der Waals surface area contributed by atoms with Gasteiger partial charge in [0.15, 0.2) is 5.82 Å². The van der Waals surface area contributed by atoms with Gasteiger partial charge in [-0.1, -0.05) is 0 Å². The first-order valence-electron chi connectivity index (χ1n) is 8.52. The number of aromatic nitrogens is 4. The molecule has 0 spiro atoms. The quantitative estimate of drug-likeness (QED) is 0.698. The van der Waals surface area contributed by atoms with Gasteiger partial charge in [-0.15, -0.1) is 0 Å². The van der Waals surface area contributed by atoms with Crippen molar-refractivity contribution in [3.8, 4) is 11.8 Å². The number of nitrogens with one attached hydrogen (secondary N) is 1. The summed E-state index contributed by atoms with van der Waals surface area (Å²) in [5.41, 5.74) is 1.00. The monoisotopic (exact) mass is 379 g/mol. The summed E-state index contributed by atoms with van der Waals surface area (Å²) in [7, 11) is 7.43. The Morgan fingerprint density at radius 3 is 2.25 bits per heavy atom. The molecule has 0 fully saturated rings. The molecule has 9 nitrogen and oxygen atoms in total. The van der Waals surface area contributed by atoms with E-state index in [4.69, 9.17) is 4.74 Å². The third kappa shape index (κ3) is 4.50. The lowest BCUT2D eigenvalue weighted by atomic mass is 10.2. The number of hydrogen-bond acceptors (Lipinski definition) is 8. The lowest BCUT2D eigenvalue weighted by Gasteiger charge is -2.19. The summed E-state index contributed by atoms with van der Waals surface area (Å²) in [6, 6.07) is 8.65. The van der Waals surface area contributed by atoms with Crippen molar-refractivity contribution in [1.82, 2.24) is 19.9 Å². The molecule has 0 bridgehead atoms. The minimum absolute atomic E-state index is 0.244. The maximum Gasteiger partial charge on any atom is 0.321 e. The average Bonchev–Trinajstić information content (AvgIpc) is 2.69. The van der Waals surface area contributed by atoms with Gasteiger partial charge in [0.05, 0.1) is 6.20 Å². The predicted molar refractivity (Wildman–Crippen MR) is 107 cm³/mol. The van der Waals surface area contributed by atoms with E-state index in [9.17, 15) is 4.79 Å². The minimum Gasteiger partial charge on any atom is -0.424 e. The normalized spacial score (nSPS) is 10.3. The highest BCUT2D eigenvalue weighted by molar-refractivity contribution is 6.05. The molecular formula is C19H21N7O2. The molecule has 2 heterocycles. The highest BCUT2D eigenvalue weighted by Crippen LogP contribution is 2.24. The molecule has 0 aliphatic rings. The molecule has 0 aliphatic carbocycles. The van der Waals surface area contributed by atoms with Crippen LogP contribution in [0.2, 0.25) is 0 Å². The smallest absolute Gasteiger partial charge is 0.321 e. The number of amides is 1. The molecule has 0 saturated carbocycles. The molecule has 9 heteroatoms. The first-order valence-corrected chi connectivity index (χ1v) is 8.52. The Labute approximate surface area is 163 Å². The summed E-state index contributed by atoms with van der Waals surface area (Å²) in [5, 5.41) is 2.85. The van der Waals surface area contributed by atoms with Crippen LogP contribution in [-0.2, 0) is 0 Å². The highest BCUT2D eigenvalue weighted by atomic mass is 16.5. The summed E-state index contributed by atoms with van der Waals surface area (Å²) in [5.74, 6) is 1.45. The summed E-state index contributed by atoms with van der Waals surface area (Å²) < 4.78 is 5.53. The van der Waals surface area contributed by atoms with Gasteiger partial charge in [-0.2, -0.15) is 4.98 Å². The van der Waals surface area contributed by atoms with Gasteiger partial charge >= 0.3 is 6.01 Å². The van der Waals surface area contributed by atoms with Crippen LogP contribution in [0.25, 0.3) is 0 Å². The summed E-state index contributed by atoms with van der Waals surface area (Å²) >= 11 is 0. The standard InChI is InChI=1S/C19H21N7O2/c1-25(2)16-15(12-22-18(24-16)26(3)4)23-17(27)13-6-8-14(9-7-13)28-19-20-10-5-11-21-19/h5-12H,1-4H3,(H,23,27). The number of hydrogen-bond donors (Lipinski definition) is 1. The second kappa shape index (κ2) is 8.30. The van der Waals surface area contributed by atoms with Crippen molar-refractivity contribution in [2.45, 2.75) is 0 Å². The molecule has 1 N–H and O–H groups in total. The molecule has 0 unspecified atom stereocenters. The van der Waals surface area contributed by atoms with Gasteiger partial charge in [0, 0.05) is 46.1 Å². The Morgan fingerprint density at radius 1 is 0.964 bits per heavy atom. The van der Waals surface area contributed by atoms with E-state index >= 15 is 0 Å².